The fourth-order valence-electron chi connectivity index (χ4n) is 2.50. The molecule has 21 heavy (non-hydrogen) atoms. The summed E-state index contributed by atoms with van der Waals surface area (Å²) in [6.07, 6.45) is 3.25. The van der Waals surface area contributed by atoms with Gasteiger partial charge in [-0.15, -0.1) is 0 Å². The lowest BCUT2D eigenvalue weighted by atomic mass is 10.1. The highest BCUT2D eigenvalue weighted by Crippen LogP contribution is 2.23. The number of hydrogen-bond donors (Lipinski definition) is 2. The van der Waals surface area contributed by atoms with Crippen LogP contribution in [0.25, 0.3) is 0 Å². The molecule has 0 saturated heterocycles. The van der Waals surface area contributed by atoms with Crippen molar-refractivity contribution in [2.24, 2.45) is 5.92 Å². The Hall–Kier alpha value is -0.850. The lowest BCUT2D eigenvalue weighted by Crippen LogP contribution is -2.41. The van der Waals surface area contributed by atoms with E-state index in [1.165, 1.54) is 0 Å². The van der Waals surface area contributed by atoms with Gasteiger partial charge in [0.2, 0.25) is 10.0 Å². The molecule has 1 rings (SSSR count). The van der Waals surface area contributed by atoms with Crippen molar-refractivity contribution in [1.29, 1.82) is 0 Å². The Kier molecular flexibility index (Phi) is 6.90. The number of sulfonamides is 1. The van der Waals surface area contributed by atoms with E-state index in [0.717, 1.165) is 18.5 Å². The smallest absolute Gasteiger partial charge is 0.244 e. The van der Waals surface area contributed by atoms with Gasteiger partial charge in [-0.3, -0.25) is 0 Å². The van der Waals surface area contributed by atoms with E-state index in [9.17, 15) is 8.42 Å². The molecule has 1 aromatic rings. The maximum atomic E-state index is 12.9. The van der Waals surface area contributed by atoms with Crippen LogP contribution in [-0.4, -0.2) is 37.3 Å². The van der Waals surface area contributed by atoms with Crippen LogP contribution in [0.4, 0.5) is 0 Å². The van der Waals surface area contributed by atoms with Crippen LogP contribution in [0, 0.1) is 5.92 Å². The average Bonchev–Trinajstić information content (AvgIpc) is 2.88. The van der Waals surface area contributed by atoms with Crippen molar-refractivity contribution < 1.29 is 8.42 Å². The number of aromatic amines is 1. The standard InChI is InChI=1S/C15H29N3O2S/c1-6-14(7-2)18(11-12(3)4)21(19,20)15-8-13(9-16-5)17-10-15/h8,10,12,14,16-17H,6-7,9,11H2,1-5H3. The summed E-state index contributed by atoms with van der Waals surface area (Å²) in [5, 5.41) is 3.02. The van der Waals surface area contributed by atoms with Crippen LogP contribution in [-0.2, 0) is 16.6 Å². The van der Waals surface area contributed by atoms with Crippen molar-refractivity contribution in [2.45, 2.75) is 58.0 Å². The van der Waals surface area contributed by atoms with Gasteiger partial charge in [-0.2, -0.15) is 4.31 Å². The first kappa shape index (κ1) is 18.2. The minimum Gasteiger partial charge on any atom is -0.363 e. The molecule has 0 spiro atoms. The quantitative estimate of drug-likeness (QED) is 0.736. The molecule has 1 heterocycles. The van der Waals surface area contributed by atoms with E-state index in [2.05, 4.69) is 24.1 Å². The van der Waals surface area contributed by atoms with Crippen molar-refractivity contribution in [2.75, 3.05) is 13.6 Å². The second-order valence-electron chi connectivity index (χ2n) is 5.83. The van der Waals surface area contributed by atoms with Crippen LogP contribution in [0.2, 0.25) is 0 Å². The van der Waals surface area contributed by atoms with Crippen LogP contribution in [0.1, 0.15) is 46.2 Å². The molecule has 0 unspecified atom stereocenters. The minimum atomic E-state index is -3.44. The Bertz CT molecular complexity index is 519. The van der Waals surface area contributed by atoms with Gasteiger partial charge < -0.3 is 10.3 Å². The van der Waals surface area contributed by atoms with Gasteiger partial charge in [0.1, 0.15) is 0 Å². The number of aromatic nitrogens is 1. The first-order valence-electron chi connectivity index (χ1n) is 7.70. The predicted octanol–water partition coefficient (Wildman–Crippen LogP) is 2.57. The molecule has 0 amide bonds. The van der Waals surface area contributed by atoms with Gasteiger partial charge in [-0.25, -0.2) is 8.42 Å². The lowest BCUT2D eigenvalue weighted by molar-refractivity contribution is 0.277. The molecule has 5 nitrogen and oxygen atoms in total. The summed E-state index contributed by atoms with van der Waals surface area (Å²) < 4.78 is 27.5. The van der Waals surface area contributed by atoms with Gasteiger partial charge in [0.25, 0.3) is 0 Å². The molecule has 0 atom stereocenters. The van der Waals surface area contributed by atoms with E-state index in [1.54, 1.807) is 16.6 Å². The van der Waals surface area contributed by atoms with Crippen LogP contribution in [0.15, 0.2) is 17.2 Å². The normalized spacial score (nSPS) is 12.8. The molecular formula is C15H29N3O2S. The molecule has 0 aliphatic carbocycles. The average molecular weight is 315 g/mol. The molecule has 1 aromatic heterocycles. The third kappa shape index (κ3) is 4.56. The molecule has 6 heteroatoms. The van der Waals surface area contributed by atoms with Gasteiger partial charge in [-0.05, 0) is 31.9 Å². The number of nitrogens with one attached hydrogen (secondary N) is 2. The number of rotatable bonds is 9. The summed E-state index contributed by atoms with van der Waals surface area (Å²) in [4.78, 5) is 3.39. The zero-order valence-electron chi connectivity index (χ0n) is 13.8. The largest absolute Gasteiger partial charge is 0.363 e. The maximum absolute atomic E-state index is 12.9. The molecular weight excluding hydrogens is 286 g/mol. The van der Waals surface area contributed by atoms with E-state index >= 15 is 0 Å². The number of H-pyrrole nitrogens is 1. The van der Waals surface area contributed by atoms with E-state index < -0.39 is 10.0 Å². The van der Waals surface area contributed by atoms with Gasteiger partial charge in [0.15, 0.2) is 0 Å². The van der Waals surface area contributed by atoms with Gasteiger partial charge in [0, 0.05) is 31.0 Å². The fourth-order valence-corrected chi connectivity index (χ4v) is 4.45. The lowest BCUT2D eigenvalue weighted by Gasteiger charge is -2.30. The van der Waals surface area contributed by atoms with Gasteiger partial charge in [-0.1, -0.05) is 27.7 Å². The van der Waals surface area contributed by atoms with Crippen LogP contribution in [0.5, 0.6) is 0 Å². The summed E-state index contributed by atoms with van der Waals surface area (Å²) in [6, 6.07) is 1.78. The highest BCUT2D eigenvalue weighted by atomic mass is 32.2. The first-order chi connectivity index (χ1) is 9.86. The summed E-state index contributed by atoms with van der Waals surface area (Å²) in [7, 11) is -1.61. The minimum absolute atomic E-state index is 0.0556. The molecule has 0 saturated carbocycles. The predicted molar refractivity (Wildman–Crippen MR) is 86.7 cm³/mol. The van der Waals surface area contributed by atoms with Crippen LogP contribution in [0.3, 0.4) is 0 Å². The Morgan fingerprint density at radius 3 is 2.38 bits per heavy atom. The Balaban J connectivity index is 3.12. The summed E-state index contributed by atoms with van der Waals surface area (Å²) in [6.45, 7) is 9.37. The number of hydrogen-bond acceptors (Lipinski definition) is 3. The molecule has 0 bridgehead atoms. The summed E-state index contributed by atoms with van der Waals surface area (Å²) in [5.41, 5.74) is 0.880. The van der Waals surface area contributed by atoms with E-state index in [-0.39, 0.29) is 6.04 Å². The third-order valence-corrected chi connectivity index (χ3v) is 5.48. The highest BCUT2D eigenvalue weighted by molar-refractivity contribution is 7.89. The van der Waals surface area contributed by atoms with Gasteiger partial charge >= 0.3 is 0 Å². The molecule has 2 N–H and O–H groups in total. The molecule has 0 radical (unpaired) electrons. The first-order valence-corrected chi connectivity index (χ1v) is 9.14. The summed E-state index contributed by atoms with van der Waals surface area (Å²) in [5.74, 6) is 0.302. The van der Waals surface area contributed by atoms with E-state index in [0.29, 0.717) is 23.9 Å². The second kappa shape index (κ2) is 7.96. The zero-order valence-corrected chi connectivity index (χ0v) is 14.6. The maximum Gasteiger partial charge on any atom is 0.244 e. The van der Waals surface area contributed by atoms with Gasteiger partial charge in [0.05, 0.1) is 4.90 Å². The van der Waals surface area contributed by atoms with Crippen LogP contribution >= 0.6 is 0 Å². The molecule has 0 aromatic carbocycles. The third-order valence-electron chi connectivity index (χ3n) is 3.58. The fraction of sp³-hybridized carbons (Fsp3) is 0.733. The zero-order chi connectivity index (χ0) is 16.0. The van der Waals surface area contributed by atoms with E-state index in [1.807, 2.05) is 20.9 Å². The number of nitrogens with zero attached hydrogens (tertiary/aromatic N) is 1. The summed E-state index contributed by atoms with van der Waals surface area (Å²) >= 11 is 0. The van der Waals surface area contributed by atoms with Crippen molar-refractivity contribution in [3.63, 3.8) is 0 Å². The molecule has 0 fully saturated rings. The van der Waals surface area contributed by atoms with E-state index in [4.69, 9.17) is 0 Å². The van der Waals surface area contributed by atoms with Crippen LogP contribution < -0.4 is 5.32 Å². The highest BCUT2D eigenvalue weighted by Gasteiger charge is 2.30. The topological polar surface area (TPSA) is 65.2 Å². The van der Waals surface area contributed by atoms with Crippen molar-refractivity contribution in [1.82, 2.24) is 14.6 Å². The molecule has 0 aliphatic heterocycles. The SMILES string of the molecule is CCC(CC)N(CC(C)C)S(=O)(=O)c1c[nH]c(CNC)c1. The molecule has 122 valence electrons. The van der Waals surface area contributed by atoms with Crippen molar-refractivity contribution in [3.8, 4) is 0 Å². The second-order valence-corrected chi connectivity index (χ2v) is 7.72. The van der Waals surface area contributed by atoms with Crippen molar-refractivity contribution in [3.05, 3.63) is 18.0 Å². The Morgan fingerprint density at radius 2 is 1.90 bits per heavy atom. The Labute approximate surface area is 129 Å². The Morgan fingerprint density at radius 1 is 1.29 bits per heavy atom. The molecule has 0 aliphatic rings. The monoisotopic (exact) mass is 315 g/mol. The van der Waals surface area contributed by atoms with Crippen molar-refractivity contribution >= 4 is 10.0 Å².